The van der Waals surface area contributed by atoms with Gasteiger partial charge < -0.3 is 10.1 Å². The van der Waals surface area contributed by atoms with Crippen LogP contribution < -0.4 is 5.32 Å². The Morgan fingerprint density at radius 3 is 2.65 bits per heavy atom. The lowest BCUT2D eigenvalue weighted by atomic mass is 10.1. The average Bonchev–Trinajstić information content (AvgIpc) is 2.52. The lowest BCUT2D eigenvalue weighted by Crippen LogP contribution is -2.28. The van der Waals surface area contributed by atoms with Crippen molar-refractivity contribution in [1.29, 1.82) is 0 Å². The number of hydrogen-bond donors (Lipinski definition) is 1. The Morgan fingerprint density at radius 2 is 1.91 bits per heavy atom. The van der Waals surface area contributed by atoms with Crippen molar-refractivity contribution in [2.45, 2.75) is 13.0 Å². The van der Waals surface area contributed by atoms with Crippen molar-refractivity contribution in [3.05, 3.63) is 70.5 Å². The molecule has 0 spiro atoms. The molecule has 0 bridgehead atoms. The lowest BCUT2D eigenvalue weighted by Gasteiger charge is -2.08. The van der Waals surface area contributed by atoms with Gasteiger partial charge in [-0.1, -0.05) is 41.9 Å². The van der Waals surface area contributed by atoms with Gasteiger partial charge in [-0.15, -0.1) is 0 Å². The SMILES string of the molecule is O=C(COC(=O)Cc1cccc(F)c1)NCc1ccccc1Cl. The first kappa shape index (κ1) is 17.0. The van der Waals surface area contributed by atoms with E-state index in [0.29, 0.717) is 10.6 Å². The Labute approximate surface area is 138 Å². The highest BCUT2D eigenvalue weighted by Gasteiger charge is 2.09. The van der Waals surface area contributed by atoms with Crippen LogP contribution in [0.25, 0.3) is 0 Å². The summed E-state index contributed by atoms with van der Waals surface area (Å²) in [6.45, 7) is -0.140. The van der Waals surface area contributed by atoms with Crippen molar-refractivity contribution in [1.82, 2.24) is 5.32 Å². The fraction of sp³-hybridized carbons (Fsp3) is 0.176. The number of nitrogens with one attached hydrogen (secondary N) is 1. The van der Waals surface area contributed by atoms with Crippen LogP contribution in [0.1, 0.15) is 11.1 Å². The largest absolute Gasteiger partial charge is 0.455 e. The molecule has 0 saturated carbocycles. The van der Waals surface area contributed by atoms with Gasteiger partial charge in [-0.05, 0) is 29.3 Å². The molecule has 6 heteroatoms. The molecule has 0 aliphatic carbocycles. The monoisotopic (exact) mass is 335 g/mol. The molecule has 0 unspecified atom stereocenters. The van der Waals surface area contributed by atoms with E-state index in [1.807, 2.05) is 6.07 Å². The molecule has 2 rings (SSSR count). The van der Waals surface area contributed by atoms with Gasteiger partial charge in [-0.3, -0.25) is 9.59 Å². The summed E-state index contributed by atoms with van der Waals surface area (Å²) >= 11 is 5.97. The normalized spacial score (nSPS) is 10.2. The zero-order valence-corrected chi connectivity index (χ0v) is 13.0. The average molecular weight is 336 g/mol. The smallest absolute Gasteiger partial charge is 0.310 e. The van der Waals surface area contributed by atoms with E-state index in [0.717, 1.165) is 5.56 Å². The summed E-state index contributed by atoms with van der Waals surface area (Å²) in [6.07, 6.45) is -0.0877. The van der Waals surface area contributed by atoms with Gasteiger partial charge in [0.05, 0.1) is 6.42 Å². The number of esters is 1. The highest BCUT2D eigenvalue weighted by molar-refractivity contribution is 6.31. The van der Waals surface area contributed by atoms with Crippen LogP contribution in [-0.4, -0.2) is 18.5 Å². The molecule has 0 radical (unpaired) electrons. The first-order valence-corrected chi connectivity index (χ1v) is 7.32. The number of carbonyl (C=O) groups excluding carboxylic acids is 2. The van der Waals surface area contributed by atoms with Gasteiger partial charge in [0.15, 0.2) is 6.61 Å². The number of rotatable bonds is 6. The molecule has 120 valence electrons. The Morgan fingerprint density at radius 1 is 1.13 bits per heavy atom. The zero-order valence-electron chi connectivity index (χ0n) is 12.2. The van der Waals surface area contributed by atoms with Crippen molar-refractivity contribution >= 4 is 23.5 Å². The van der Waals surface area contributed by atoms with Crippen LogP contribution in [0, 0.1) is 5.82 Å². The molecule has 0 aromatic heterocycles. The van der Waals surface area contributed by atoms with Crippen LogP contribution in [0.3, 0.4) is 0 Å². The van der Waals surface area contributed by atoms with Crippen molar-refractivity contribution in [3.63, 3.8) is 0 Å². The Hall–Kier alpha value is -2.40. The van der Waals surface area contributed by atoms with E-state index < -0.39 is 24.3 Å². The molecule has 4 nitrogen and oxygen atoms in total. The highest BCUT2D eigenvalue weighted by Crippen LogP contribution is 2.14. The lowest BCUT2D eigenvalue weighted by molar-refractivity contribution is -0.147. The molecule has 1 amide bonds. The zero-order chi connectivity index (χ0) is 16.7. The molecular formula is C17H15ClFNO3. The van der Waals surface area contributed by atoms with Gasteiger partial charge in [-0.25, -0.2) is 4.39 Å². The molecule has 0 atom stereocenters. The summed E-state index contributed by atoms with van der Waals surface area (Å²) in [5, 5.41) is 3.16. The topological polar surface area (TPSA) is 55.4 Å². The fourth-order valence-corrected chi connectivity index (χ4v) is 2.10. The minimum atomic E-state index is -0.594. The van der Waals surface area contributed by atoms with E-state index in [4.69, 9.17) is 16.3 Å². The van der Waals surface area contributed by atoms with Crippen molar-refractivity contribution in [2.75, 3.05) is 6.61 Å². The molecule has 2 aromatic carbocycles. The third kappa shape index (κ3) is 5.71. The predicted molar refractivity (Wildman–Crippen MR) is 84.4 cm³/mol. The van der Waals surface area contributed by atoms with Crippen LogP contribution >= 0.6 is 11.6 Å². The van der Waals surface area contributed by atoms with Crippen LogP contribution in [0.2, 0.25) is 5.02 Å². The van der Waals surface area contributed by atoms with Crippen molar-refractivity contribution in [2.24, 2.45) is 0 Å². The summed E-state index contributed by atoms with van der Waals surface area (Å²) in [5.74, 6) is -1.45. The fourth-order valence-electron chi connectivity index (χ4n) is 1.90. The molecule has 1 N–H and O–H groups in total. The van der Waals surface area contributed by atoms with Gasteiger partial charge in [-0.2, -0.15) is 0 Å². The van der Waals surface area contributed by atoms with E-state index in [1.165, 1.54) is 18.2 Å². The van der Waals surface area contributed by atoms with Crippen LogP contribution in [-0.2, 0) is 27.3 Å². The molecule has 0 aliphatic heterocycles. The molecule has 0 saturated heterocycles. The number of halogens is 2. The molecule has 0 fully saturated rings. The first-order chi connectivity index (χ1) is 11.0. The summed E-state index contributed by atoms with van der Waals surface area (Å²) in [4.78, 5) is 23.3. The Bertz CT molecular complexity index is 706. The van der Waals surface area contributed by atoms with Crippen molar-refractivity contribution < 1.29 is 18.7 Å². The maximum absolute atomic E-state index is 13.0. The van der Waals surface area contributed by atoms with Gasteiger partial charge in [0.1, 0.15) is 5.82 Å². The van der Waals surface area contributed by atoms with Gasteiger partial charge in [0.25, 0.3) is 5.91 Å². The number of amides is 1. The Kier molecular flexibility index (Phi) is 6.11. The summed E-state index contributed by atoms with van der Waals surface area (Å²) < 4.78 is 17.9. The van der Waals surface area contributed by atoms with Crippen LogP contribution in [0.5, 0.6) is 0 Å². The number of carbonyl (C=O) groups is 2. The molecule has 0 heterocycles. The van der Waals surface area contributed by atoms with Gasteiger partial charge in [0, 0.05) is 11.6 Å². The third-order valence-corrected chi connectivity index (χ3v) is 3.40. The maximum Gasteiger partial charge on any atom is 0.310 e. The molecule has 0 aliphatic rings. The Balaban J connectivity index is 1.74. The van der Waals surface area contributed by atoms with E-state index in [-0.39, 0.29) is 13.0 Å². The first-order valence-electron chi connectivity index (χ1n) is 6.95. The van der Waals surface area contributed by atoms with Gasteiger partial charge >= 0.3 is 5.97 Å². The number of ether oxygens (including phenoxy) is 1. The summed E-state index contributed by atoms with van der Waals surface area (Å²) in [7, 11) is 0. The van der Waals surface area contributed by atoms with Crippen LogP contribution in [0.15, 0.2) is 48.5 Å². The second-order valence-corrected chi connectivity index (χ2v) is 5.24. The predicted octanol–water partition coefficient (Wildman–Crippen LogP) is 2.88. The standard InChI is InChI=1S/C17H15ClFNO3/c18-15-7-2-1-5-13(15)10-20-16(21)11-23-17(22)9-12-4-3-6-14(19)8-12/h1-8H,9-11H2,(H,20,21). The third-order valence-electron chi connectivity index (χ3n) is 3.04. The van der Waals surface area contributed by atoms with Crippen molar-refractivity contribution in [3.8, 4) is 0 Å². The molecule has 23 heavy (non-hydrogen) atoms. The summed E-state index contributed by atoms with van der Waals surface area (Å²) in [6, 6.07) is 12.8. The minimum Gasteiger partial charge on any atom is -0.455 e. The number of benzene rings is 2. The maximum atomic E-state index is 13.0. The summed E-state index contributed by atoms with van der Waals surface area (Å²) in [5.41, 5.74) is 1.26. The minimum absolute atomic E-state index is 0.0877. The van der Waals surface area contributed by atoms with E-state index >= 15 is 0 Å². The van der Waals surface area contributed by atoms with Gasteiger partial charge in [0.2, 0.25) is 0 Å². The highest BCUT2D eigenvalue weighted by atomic mass is 35.5. The van der Waals surface area contributed by atoms with E-state index in [9.17, 15) is 14.0 Å². The number of hydrogen-bond acceptors (Lipinski definition) is 3. The van der Waals surface area contributed by atoms with E-state index in [2.05, 4.69) is 5.32 Å². The quantitative estimate of drug-likeness (QED) is 0.826. The molecular weight excluding hydrogens is 321 g/mol. The van der Waals surface area contributed by atoms with E-state index in [1.54, 1.807) is 24.3 Å². The second kappa shape index (κ2) is 8.29. The molecule has 2 aromatic rings. The second-order valence-electron chi connectivity index (χ2n) is 4.84. The van der Waals surface area contributed by atoms with Crippen LogP contribution in [0.4, 0.5) is 4.39 Å².